The fourth-order valence-corrected chi connectivity index (χ4v) is 2.50. The number of hydrogen-bond acceptors (Lipinski definition) is 3. The second-order valence-corrected chi connectivity index (χ2v) is 4.88. The van der Waals surface area contributed by atoms with Crippen LogP contribution < -0.4 is 5.32 Å². The van der Waals surface area contributed by atoms with Gasteiger partial charge in [0.1, 0.15) is 11.4 Å². The monoisotopic (exact) mass is 266 g/mol. The van der Waals surface area contributed by atoms with Gasteiger partial charge in [-0.2, -0.15) is 0 Å². The van der Waals surface area contributed by atoms with Crippen molar-refractivity contribution in [3.05, 3.63) is 24.6 Å². The lowest BCUT2D eigenvalue weighted by molar-refractivity contribution is 0.490. The number of fused-ring (bicyclic) bond motifs is 1. The van der Waals surface area contributed by atoms with Crippen molar-refractivity contribution in [3.8, 4) is 0 Å². The molecule has 0 saturated carbocycles. The Kier molecular flexibility index (Phi) is 4.88. The van der Waals surface area contributed by atoms with E-state index >= 15 is 0 Å². The molecule has 4 heteroatoms. The van der Waals surface area contributed by atoms with E-state index in [1.807, 2.05) is 12.1 Å². The maximum Gasteiger partial charge on any atom is 0.139 e. The van der Waals surface area contributed by atoms with Crippen molar-refractivity contribution < 1.29 is 4.42 Å². The van der Waals surface area contributed by atoms with Crippen molar-refractivity contribution in [1.29, 1.82) is 0 Å². The first-order chi connectivity index (χ1) is 8.85. The summed E-state index contributed by atoms with van der Waals surface area (Å²) in [5.41, 5.74) is 0.872. The molecule has 1 atom stereocenters. The maximum atomic E-state index is 5.83. The maximum absolute atomic E-state index is 5.83. The van der Waals surface area contributed by atoms with Crippen LogP contribution in [0.4, 0.5) is 5.82 Å². The molecule has 3 nitrogen and oxygen atoms in total. The van der Waals surface area contributed by atoms with Crippen molar-refractivity contribution in [2.75, 3.05) is 17.7 Å². The van der Waals surface area contributed by atoms with Gasteiger partial charge in [-0.25, -0.2) is 4.98 Å². The van der Waals surface area contributed by atoms with Gasteiger partial charge in [-0.05, 0) is 30.9 Å². The summed E-state index contributed by atoms with van der Waals surface area (Å²) >= 11 is 5.83. The lowest BCUT2D eigenvalue weighted by Crippen LogP contribution is -2.15. The lowest BCUT2D eigenvalue weighted by Gasteiger charge is -2.16. The van der Waals surface area contributed by atoms with Gasteiger partial charge in [0.15, 0.2) is 0 Å². The third-order valence-electron chi connectivity index (χ3n) is 3.15. The molecule has 0 spiro atoms. The molecule has 0 fully saturated rings. The Bertz CT molecular complexity index is 477. The molecule has 98 valence electrons. The van der Waals surface area contributed by atoms with E-state index in [-0.39, 0.29) is 0 Å². The van der Waals surface area contributed by atoms with Crippen LogP contribution in [-0.2, 0) is 0 Å². The number of furan rings is 1. The van der Waals surface area contributed by atoms with E-state index < -0.39 is 0 Å². The fourth-order valence-electron chi connectivity index (χ4n) is 2.19. The Labute approximate surface area is 113 Å². The summed E-state index contributed by atoms with van der Waals surface area (Å²) in [5.74, 6) is 2.23. The lowest BCUT2D eigenvalue weighted by atomic mass is 10.0. The first-order valence-corrected chi connectivity index (χ1v) is 7.00. The van der Waals surface area contributed by atoms with E-state index in [0.717, 1.165) is 35.6 Å². The molecule has 1 unspecified atom stereocenters. The number of nitrogens with one attached hydrogen (secondary N) is 1. The van der Waals surface area contributed by atoms with Crippen LogP contribution in [0.15, 0.2) is 29.0 Å². The first-order valence-electron chi connectivity index (χ1n) is 6.47. The van der Waals surface area contributed by atoms with Gasteiger partial charge in [-0.3, -0.25) is 0 Å². The number of pyridine rings is 1. The fraction of sp³-hybridized carbons (Fsp3) is 0.500. The Morgan fingerprint density at radius 2 is 2.28 bits per heavy atom. The summed E-state index contributed by atoms with van der Waals surface area (Å²) in [6.45, 7) is 3.12. The highest BCUT2D eigenvalue weighted by atomic mass is 35.5. The minimum atomic E-state index is 0.608. The van der Waals surface area contributed by atoms with Crippen molar-refractivity contribution in [3.63, 3.8) is 0 Å². The van der Waals surface area contributed by atoms with Crippen LogP contribution in [0, 0.1) is 5.92 Å². The summed E-state index contributed by atoms with van der Waals surface area (Å²) in [5, 5.41) is 4.45. The zero-order valence-corrected chi connectivity index (χ0v) is 11.4. The van der Waals surface area contributed by atoms with E-state index in [1.165, 1.54) is 12.8 Å². The standard InChI is InChI=1S/C14H19ClN2O/c1-2-3-11(4-7-15)10-17-14-12-6-9-18-13(12)5-8-16-14/h5-6,8-9,11H,2-4,7,10H2,1H3,(H,16,17). The predicted molar refractivity (Wildman–Crippen MR) is 76.2 cm³/mol. The van der Waals surface area contributed by atoms with Gasteiger partial charge in [0, 0.05) is 18.6 Å². The summed E-state index contributed by atoms with van der Waals surface area (Å²) in [4.78, 5) is 4.37. The van der Waals surface area contributed by atoms with Gasteiger partial charge < -0.3 is 9.73 Å². The number of rotatable bonds is 7. The van der Waals surface area contributed by atoms with Crippen LogP contribution in [0.3, 0.4) is 0 Å². The average Bonchev–Trinajstić information content (AvgIpc) is 2.85. The molecule has 2 aromatic heterocycles. The average molecular weight is 267 g/mol. The molecule has 0 aliphatic carbocycles. The van der Waals surface area contributed by atoms with E-state index in [2.05, 4.69) is 17.2 Å². The van der Waals surface area contributed by atoms with E-state index in [9.17, 15) is 0 Å². The van der Waals surface area contributed by atoms with Crippen molar-refractivity contribution in [1.82, 2.24) is 4.98 Å². The summed E-state index contributed by atoms with van der Waals surface area (Å²) < 4.78 is 5.36. The number of nitrogens with zero attached hydrogens (tertiary/aromatic N) is 1. The molecule has 18 heavy (non-hydrogen) atoms. The zero-order valence-electron chi connectivity index (χ0n) is 10.7. The molecule has 0 saturated heterocycles. The summed E-state index contributed by atoms with van der Waals surface area (Å²) in [6.07, 6.45) is 6.89. The van der Waals surface area contributed by atoms with Gasteiger partial charge >= 0.3 is 0 Å². The third kappa shape index (κ3) is 3.16. The van der Waals surface area contributed by atoms with E-state index in [4.69, 9.17) is 16.0 Å². The quantitative estimate of drug-likeness (QED) is 0.760. The minimum absolute atomic E-state index is 0.608. The number of hydrogen-bond donors (Lipinski definition) is 1. The molecule has 0 bridgehead atoms. The Morgan fingerprint density at radius 1 is 1.39 bits per heavy atom. The Balaban J connectivity index is 2.02. The van der Waals surface area contributed by atoms with Crippen LogP contribution in [0.1, 0.15) is 26.2 Å². The van der Waals surface area contributed by atoms with Crippen LogP contribution in [0.5, 0.6) is 0 Å². The van der Waals surface area contributed by atoms with Gasteiger partial charge in [0.2, 0.25) is 0 Å². The zero-order chi connectivity index (χ0) is 12.8. The molecule has 1 N–H and O–H groups in total. The highest BCUT2D eigenvalue weighted by molar-refractivity contribution is 6.17. The van der Waals surface area contributed by atoms with Crippen LogP contribution in [-0.4, -0.2) is 17.4 Å². The van der Waals surface area contributed by atoms with E-state index in [0.29, 0.717) is 5.92 Å². The van der Waals surface area contributed by atoms with Gasteiger partial charge in [0.25, 0.3) is 0 Å². The molecule has 0 aliphatic rings. The molecule has 2 rings (SSSR count). The Morgan fingerprint density at radius 3 is 3.06 bits per heavy atom. The normalized spacial score (nSPS) is 12.8. The minimum Gasteiger partial charge on any atom is -0.464 e. The van der Waals surface area contributed by atoms with Crippen LogP contribution >= 0.6 is 11.6 Å². The molecule has 2 heterocycles. The SMILES string of the molecule is CCCC(CCCl)CNc1nccc2occc12. The number of alkyl halides is 1. The predicted octanol–water partition coefficient (Wildman–Crippen LogP) is 4.28. The van der Waals surface area contributed by atoms with Crippen LogP contribution in [0.2, 0.25) is 0 Å². The third-order valence-corrected chi connectivity index (χ3v) is 3.37. The molecule has 0 aliphatic heterocycles. The molecule has 2 aromatic rings. The highest BCUT2D eigenvalue weighted by Gasteiger charge is 2.09. The van der Waals surface area contributed by atoms with Gasteiger partial charge in [-0.15, -0.1) is 11.6 Å². The van der Waals surface area contributed by atoms with E-state index in [1.54, 1.807) is 12.5 Å². The number of aromatic nitrogens is 1. The Hall–Kier alpha value is -1.22. The molecule has 0 aromatic carbocycles. The number of halogens is 1. The van der Waals surface area contributed by atoms with Crippen molar-refractivity contribution >= 4 is 28.4 Å². The molecular formula is C14H19ClN2O. The molecule has 0 radical (unpaired) electrons. The second kappa shape index (κ2) is 6.64. The van der Waals surface area contributed by atoms with Crippen molar-refractivity contribution in [2.45, 2.75) is 26.2 Å². The summed E-state index contributed by atoms with van der Waals surface area (Å²) in [6, 6.07) is 3.82. The van der Waals surface area contributed by atoms with Gasteiger partial charge in [0.05, 0.1) is 11.6 Å². The van der Waals surface area contributed by atoms with Gasteiger partial charge in [-0.1, -0.05) is 13.3 Å². The number of anilines is 1. The highest BCUT2D eigenvalue weighted by Crippen LogP contribution is 2.22. The molecular weight excluding hydrogens is 248 g/mol. The van der Waals surface area contributed by atoms with Crippen molar-refractivity contribution in [2.24, 2.45) is 5.92 Å². The first kappa shape index (κ1) is 13.2. The largest absolute Gasteiger partial charge is 0.464 e. The smallest absolute Gasteiger partial charge is 0.139 e. The second-order valence-electron chi connectivity index (χ2n) is 4.51. The topological polar surface area (TPSA) is 38.1 Å². The van der Waals surface area contributed by atoms with Crippen LogP contribution in [0.25, 0.3) is 11.0 Å². The summed E-state index contributed by atoms with van der Waals surface area (Å²) in [7, 11) is 0. The molecule has 0 amide bonds.